The molecule has 0 saturated carbocycles. The fourth-order valence-electron chi connectivity index (χ4n) is 4.34. The number of aromatic nitrogens is 3. The van der Waals surface area contributed by atoms with Crippen molar-refractivity contribution < 1.29 is 9.18 Å². The van der Waals surface area contributed by atoms with Crippen LogP contribution in [0.4, 0.5) is 10.2 Å². The van der Waals surface area contributed by atoms with Gasteiger partial charge in [-0.15, -0.1) is 0 Å². The lowest BCUT2D eigenvalue weighted by atomic mass is 10.2. The number of fused-ring (bicyclic) bond motifs is 1. The minimum Gasteiger partial charge on any atom is -0.357 e. The van der Waals surface area contributed by atoms with Crippen molar-refractivity contribution in [2.24, 2.45) is 0 Å². The molecule has 1 N–H and O–H groups in total. The SMILES string of the molecule is O=C(NCc1ccc(N2CCCC2)nc1)c1nn(-c2ccc(F)cc2)c2c1CCC2. The first-order valence-electron chi connectivity index (χ1n) is 10.5. The molecule has 5 rings (SSSR count). The van der Waals surface area contributed by atoms with Crippen molar-refractivity contribution in [3.8, 4) is 5.69 Å². The summed E-state index contributed by atoms with van der Waals surface area (Å²) in [6, 6.07) is 10.2. The first kappa shape index (κ1) is 18.8. The Labute approximate surface area is 174 Å². The molecule has 30 heavy (non-hydrogen) atoms. The fourth-order valence-corrected chi connectivity index (χ4v) is 4.34. The summed E-state index contributed by atoms with van der Waals surface area (Å²) in [6.45, 7) is 2.53. The predicted octanol–water partition coefficient (Wildman–Crippen LogP) is 3.43. The number of nitrogens with zero attached hydrogens (tertiary/aromatic N) is 4. The number of pyridine rings is 1. The molecule has 0 atom stereocenters. The van der Waals surface area contributed by atoms with Gasteiger partial charge in [0, 0.05) is 37.1 Å². The van der Waals surface area contributed by atoms with E-state index in [1.54, 1.807) is 16.8 Å². The number of rotatable bonds is 5. The molecule has 0 bridgehead atoms. The highest BCUT2D eigenvalue weighted by Gasteiger charge is 2.27. The van der Waals surface area contributed by atoms with Crippen LogP contribution in [-0.4, -0.2) is 33.8 Å². The molecule has 2 aromatic heterocycles. The van der Waals surface area contributed by atoms with E-state index in [-0.39, 0.29) is 11.7 Å². The van der Waals surface area contributed by atoms with Gasteiger partial charge in [0.1, 0.15) is 11.6 Å². The molecule has 1 amide bonds. The number of amides is 1. The number of carbonyl (C=O) groups excluding carboxylic acids is 1. The fraction of sp³-hybridized carbons (Fsp3) is 0.348. The number of anilines is 1. The zero-order valence-corrected chi connectivity index (χ0v) is 16.8. The Morgan fingerprint density at radius 2 is 1.83 bits per heavy atom. The Balaban J connectivity index is 1.30. The lowest BCUT2D eigenvalue weighted by Crippen LogP contribution is -2.25. The van der Waals surface area contributed by atoms with Crippen LogP contribution in [0.15, 0.2) is 42.6 Å². The van der Waals surface area contributed by atoms with Crippen LogP contribution in [0.3, 0.4) is 0 Å². The highest BCUT2D eigenvalue weighted by atomic mass is 19.1. The molecule has 6 nitrogen and oxygen atoms in total. The highest BCUT2D eigenvalue weighted by Crippen LogP contribution is 2.28. The van der Waals surface area contributed by atoms with Crippen LogP contribution in [0.2, 0.25) is 0 Å². The van der Waals surface area contributed by atoms with Crippen molar-refractivity contribution in [3.05, 3.63) is 70.9 Å². The second-order valence-electron chi connectivity index (χ2n) is 7.92. The number of halogens is 1. The number of hydrogen-bond donors (Lipinski definition) is 1. The molecular formula is C23H24FN5O. The van der Waals surface area contributed by atoms with Crippen LogP contribution < -0.4 is 10.2 Å². The smallest absolute Gasteiger partial charge is 0.272 e. The molecule has 1 aromatic carbocycles. The van der Waals surface area contributed by atoms with Crippen molar-refractivity contribution in [2.75, 3.05) is 18.0 Å². The average Bonchev–Trinajstić information content (AvgIpc) is 3.51. The van der Waals surface area contributed by atoms with E-state index in [1.165, 1.54) is 25.0 Å². The van der Waals surface area contributed by atoms with Crippen molar-refractivity contribution >= 4 is 11.7 Å². The first-order chi connectivity index (χ1) is 14.7. The van der Waals surface area contributed by atoms with Crippen LogP contribution in [-0.2, 0) is 19.4 Å². The number of hydrogen-bond acceptors (Lipinski definition) is 4. The zero-order chi connectivity index (χ0) is 20.5. The largest absolute Gasteiger partial charge is 0.357 e. The number of nitrogens with one attached hydrogen (secondary N) is 1. The molecule has 1 saturated heterocycles. The average molecular weight is 405 g/mol. The summed E-state index contributed by atoms with van der Waals surface area (Å²) < 4.78 is 15.1. The molecule has 154 valence electrons. The third kappa shape index (κ3) is 3.56. The normalized spacial score (nSPS) is 15.4. The summed E-state index contributed by atoms with van der Waals surface area (Å²) in [7, 11) is 0. The molecule has 7 heteroatoms. The van der Waals surface area contributed by atoms with Crippen LogP contribution in [0.1, 0.15) is 46.6 Å². The summed E-state index contributed by atoms with van der Waals surface area (Å²) in [5, 5.41) is 7.55. The Kier molecular flexibility index (Phi) is 4.94. The van der Waals surface area contributed by atoms with Crippen LogP contribution >= 0.6 is 0 Å². The van der Waals surface area contributed by atoms with Gasteiger partial charge in [-0.25, -0.2) is 14.1 Å². The molecule has 3 aromatic rings. The van der Waals surface area contributed by atoms with Crippen molar-refractivity contribution in [1.82, 2.24) is 20.1 Å². The Hall–Kier alpha value is -3.22. The second kappa shape index (κ2) is 7.89. The van der Waals surface area contributed by atoms with E-state index in [2.05, 4.69) is 20.3 Å². The van der Waals surface area contributed by atoms with Gasteiger partial charge in [0.2, 0.25) is 0 Å². The van der Waals surface area contributed by atoms with E-state index >= 15 is 0 Å². The lowest BCUT2D eigenvalue weighted by Gasteiger charge is -2.16. The minimum atomic E-state index is -0.287. The van der Waals surface area contributed by atoms with Gasteiger partial charge in [-0.3, -0.25) is 4.79 Å². The van der Waals surface area contributed by atoms with E-state index in [4.69, 9.17) is 0 Å². The second-order valence-corrected chi connectivity index (χ2v) is 7.92. The quantitative estimate of drug-likeness (QED) is 0.707. The van der Waals surface area contributed by atoms with Crippen molar-refractivity contribution in [2.45, 2.75) is 38.6 Å². The van der Waals surface area contributed by atoms with E-state index in [1.807, 2.05) is 18.3 Å². The molecule has 2 aliphatic rings. The highest BCUT2D eigenvalue weighted by molar-refractivity contribution is 5.94. The van der Waals surface area contributed by atoms with Crippen LogP contribution in [0, 0.1) is 5.82 Å². The Bertz CT molecular complexity index is 1050. The first-order valence-corrected chi connectivity index (χ1v) is 10.5. The third-order valence-corrected chi connectivity index (χ3v) is 5.91. The predicted molar refractivity (Wildman–Crippen MR) is 112 cm³/mol. The molecule has 0 spiro atoms. The van der Waals surface area contributed by atoms with Gasteiger partial charge in [0.15, 0.2) is 5.69 Å². The van der Waals surface area contributed by atoms with E-state index in [0.29, 0.717) is 12.2 Å². The third-order valence-electron chi connectivity index (χ3n) is 5.91. The number of benzene rings is 1. The maximum Gasteiger partial charge on any atom is 0.272 e. The summed E-state index contributed by atoms with van der Waals surface area (Å²) >= 11 is 0. The van der Waals surface area contributed by atoms with Gasteiger partial charge in [-0.1, -0.05) is 6.07 Å². The van der Waals surface area contributed by atoms with Gasteiger partial charge < -0.3 is 10.2 Å². The van der Waals surface area contributed by atoms with Crippen LogP contribution in [0.25, 0.3) is 5.69 Å². The molecule has 1 aliphatic heterocycles. The number of carbonyl (C=O) groups is 1. The van der Waals surface area contributed by atoms with Crippen LogP contribution in [0.5, 0.6) is 0 Å². The standard InChI is InChI=1S/C23H24FN5O/c24-17-7-9-18(10-8-17)29-20-5-3-4-19(20)22(27-29)23(30)26-15-16-6-11-21(25-14-16)28-12-1-2-13-28/h6-11,14H,1-5,12-13,15H2,(H,26,30). The molecule has 1 aliphatic carbocycles. The zero-order valence-electron chi connectivity index (χ0n) is 16.8. The summed E-state index contributed by atoms with van der Waals surface area (Å²) in [5.41, 5.74) is 4.24. The van der Waals surface area contributed by atoms with Gasteiger partial charge in [-0.05, 0) is 68.0 Å². The summed E-state index contributed by atoms with van der Waals surface area (Å²) in [4.78, 5) is 19.7. The van der Waals surface area contributed by atoms with Gasteiger partial charge in [0.25, 0.3) is 5.91 Å². The summed E-state index contributed by atoms with van der Waals surface area (Å²) in [6.07, 6.45) is 6.97. The van der Waals surface area contributed by atoms with E-state index < -0.39 is 0 Å². The molecule has 0 radical (unpaired) electrons. The van der Waals surface area contributed by atoms with Gasteiger partial charge in [0.05, 0.1) is 5.69 Å². The molecule has 3 heterocycles. The topological polar surface area (TPSA) is 63.1 Å². The maximum atomic E-state index is 13.3. The Morgan fingerprint density at radius 3 is 2.57 bits per heavy atom. The molecular weight excluding hydrogens is 381 g/mol. The summed E-state index contributed by atoms with van der Waals surface area (Å²) in [5.74, 6) is 0.529. The monoisotopic (exact) mass is 405 g/mol. The molecule has 1 fully saturated rings. The van der Waals surface area contributed by atoms with Crippen molar-refractivity contribution in [1.29, 1.82) is 0 Å². The van der Waals surface area contributed by atoms with Gasteiger partial charge >= 0.3 is 0 Å². The van der Waals surface area contributed by atoms with Crippen molar-refractivity contribution in [3.63, 3.8) is 0 Å². The van der Waals surface area contributed by atoms with E-state index in [9.17, 15) is 9.18 Å². The molecule has 0 unspecified atom stereocenters. The Morgan fingerprint density at radius 1 is 1.03 bits per heavy atom. The maximum absolute atomic E-state index is 13.3. The van der Waals surface area contributed by atoms with E-state index in [0.717, 1.165) is 60.7 Å². The van der Waals surface area contributed by atoms with Gasteiger partial charge in [-0.2, -0.15) is 5.10 Å². The lowest BCUT2D eigenvalue weighted by molar-refractivity contribution is 0.0944. The minimum absolute atomic E-state index is 0.183.